The second-order valence-electron chi connectivity index (χ2n) is 4.08. The molecule has 0 aliphatic carbocycles. The van der Waals surface area contributed by atoms with Gasteiger partial charge in [0.1, 0.15) is 11.6 Å². The number of nitriles is 1. The third-order valence-corrected chi connectivity index (χ3v) is 2.79. The smallest absolute Gasteiger partial charge is 0.105 e. The number of aryl methyl sites for hydroxylation is 2. The van der Waals surface area contributed by atoms with E-state index in [1.54, 1.807) is 27.8 Å². The maximum absolute atomic E-state index is 8.99. The van der Waals surface area contributed by atoms with Crippen LogP contribution in [-0.4, -0.2) is 24.4 Å². The van der Waals surface area contributed by atoms with E-state index in [9.17, 15) is 0 Å². The molecule has 0 aromatic carbocycles. The molecule has 0 fully saturated rings. The van der Waals surface area contributed by atoms with Crippen molar-refractivity contribution in [2.75, 3.05) is 0 Å². The Labute approximate surface area is 103 Å². The van der Waals surface area contributed by atoms with Crippen LogP contribution in [0.1, 0.15) is 11.3 Å². The Morgan fingerprint density at radius 2 is 2.06 bits per heavy atom. The molecular weight excluding hydrogens is 228 g/mol. The van der Waals surface area contributed by atoms with Crippen molar-refractivity contribution in [2.45, 2.75) is 6.92 Å². The van der Waals surface area contributed by atoms with Crippen molar-refractivity contribution in [3.05, 3.63) is 36.0 Å². The fourth-order valence-electron chi connectivity index (χ4n) is 1.97. The Morgan fingerprint density at radius 1 is 1.22 bits per heavy atom. The molecule has 6 nitrogen and oxygen atoms in total. The van der Waals surface area contributed by atoms with Crippen LogP contribution in [0.5, 0.6) is 0 Å². The van der Waals surface area contributed by atoms with Gasteiger partial charge in [-0.05, 0) is 6.92 Å². The molecule has 18 heavy (non-hydrogen) atoms. The Kier molecular flexibility index (Phi) is 2.13. The summed E-state index contributed by atoms with van der Waals surface area (Å²) in [4.78, 5) is 4.50. The molecule has 3 rings (SSSR count). The monoisotopic (exact) mass is 238 g/mol. The Bertz CT molecular complexity index is 774. The fraction of sp³-hybridized carbons (Fsp3) is 0.167. The number of fused-ring (bicyclic) bond motifs is 1. The molecule has 0 saturated carbocycles. The largest absolute Gasteiger partial charge is 0.275 e. The molecule has 0 spiro atoms. The minimum Gasteiger partial charge on any atom is -0.275 e. The van der Waals surface area contributed by atoms with E-state index in [4.69, 9.17) is 5.26 Å². The van der Waals surface area contributed by atoms with Crippen LogP contribution in [0, 0.1) is 18.3 Å². The van der Waals surface area contributed by atoms with Gasteiger partial charge in [-0.15, -0.1) is 0 Å². The first-order valence-corrected chi connectivity index (χ1v) is 5.43. The van der Waals surface area contributed by atoms with Crippen molar-refractivity contribution in [2.24, 2.45) is 7.05 Å². The Morgan fingerprint density at radius 3 is 2.72 bits per heavy atom. The third kappa shape index (κ3) is 1.45. The molecule has 0 bridgehead atoms. The molecule has 0 aliphatic rings. The quantitative estimate of drug-likeness (QED) is 0.640. The van der Waals surface area contributed by atoms with Crippen LogP contribution in [0.25, 0.3) is 16.8 Å². The highest BCUT2D eigenvalue weighted by Gasteiger charge is 2.11. The lowest BCUT2D eigenvalue weighted by Gasteiger charge is -2.02. The number of hydrogen-bond acceptors (Lipinski definition) is 4. The lowest BCUT2D eigenvalue weighted by molar-refractivity contribution is 0.768. The van der Waals surface area contributed by atoms with Crippen molar-refractivity contribution in [3.63, 3.8) is 0 Å². The molecule has 0 unspecified atom stereocenters. The average molecular weight is 238 g/mol. The molecule has 0 N–H and O–H groups in total. The van der Waals surface area contributed by atoms with E-state index in [1.165, 1.54) is 0 Å². The summed E-state index contributed by atoms with van der Waals surface area (Å²) < 4.78 is 3.41. The van der Waals surface area contributed by atoms with E-state index < -0.39 is 0 Å². The predicted molar refractivity (Wildman–Crippen MR) is 64.6 cm³/mol. The number of aromatic nitrogens is 5. The van der Waals surface area contributed by atoms with Gasteiger partial charge in [0.25, 0.3) is 0 Å². The SMILES string of the molecule is Cc1nc(-c2cnn(C)c2)cn2ncc(C#N)c12. The highest BCUT2D eigenvalue weighted by Crippen LogP contribution is 2.20. The van der Waals surface area contributed by atoms with Crippen LogP contribution in [0.4, 0.5) is 0 Å². The van der Waals surface area contributed by atoms with Gasteiger partial charge in [-0.2, -0.15) is 15.5 Å². The zero-order valence-electron chi connectivity index (χ0n) is 9.99. The maximum Gasteiger partial charge on any atom is 0.105 e. The standard InChI is InChI=1S/C12H10N6/c1-8-12-9(3-13)4-15-18(12)7-11(16-8)10-5-14-17(2)6-10/h4-7H,1-2H3. The van der Waals surface area contributed by atoms with Gasteiger partial charge < -0.3 is 0 Å². The predicted octanol–water partition coefficient (Wildman–Crippen LogP) is 1.31. The lowest BCUT2D eigenvalue weighted by Crippen LogP contribution is -1.96. The topological polar surface area (TPSA) is 71.8 Å². The summed E-state index contributed by atoms with van der Waals surface area (Å²) in [5.74, 6) is 0. The first-order valence-electron chi connectivity index (χ1n) is 5.43. The lowest BCUT2D eigenvalue weighted by atomic mass is 10.2. The molecule has 0 aliphatic heterocycles. The molecule has 0 saturated heterocycles. The van der Waals surface area contributed by atoms with Crippen molar-refractivity contribution in [3.8, 4) is 17.3 Å². The fourth-order valence-corrected chi connectivity index (χ4v) is 1.97. The molecule has 3 heterocycles. The summed E-state index contributed by atoms with van der Waals surface area (Å²) in [6.07, 6.45) is 7.00. The van der Waals surface area contributed by atoms with E-state index in [0.29, 0.717) is 5.56 Å². The molecule has 6 heteroatoms. The summed E-state index contributed by atoms with van der Waals surface area (Å²) in [7, 11) is 1.86. The van der Waals surface area contributed by atoms with Gasteiger partial charge >= 0.3 is 0 Å². The van der Waals surface area contributed by atoms with E-state index in [2.05, 4.69) is 21.3 Å². The van der Waals surface area contributed by atoms with Crippen LogP contribution in [0.2, 0.25) is 0 Å². The molecule has 0 atom stereocenters. The van der Waals surface area contributed by atoms with Crippen molar-refractivity contribution in [1.29, 1.82) is 5.26 Å². The summed E-state index contributed by atoms with van der Waals surface area (Å²) >= 11 is 0. The van der Waals surface area contributed by atoms with Gasteiger partial charge in [-0.1, -0.05) is 0 Å². The average Bonchev–Trinajstić information content (AvgIpc) is 2.95. The van der Waals surface area contributed by atoms with Gasteiger partial charge in [0.2, 0.25) is 0 Å². The van der Waals surface area contributed by atoms with Crippen LogP contribution in [0.3, 0.4) is 0 Å². The van der Waals surface area contributed by atoms with E-state index in [1.807, 2.05) is 20.2 Å². The van der Waals surface area contributed by atoms with Gasteiger partial charge in [-0.3, -0.25) is 4.68 Å². The summed E-state index contributed by atoms with van der Waals surface area (Å²) in [5, 5.41) is 17.3. The minimum absolute atomic E-state index is 0.540. The molecule has 3 aromatic heterocycles. The van der Waals surface area contributed by atoms with E-state index in [0.717, 1.165) is 22.5 Å². The Hall–Kier alpha value is -2.68. The first kappa shape index (κ1) is 10.5. The second kappa shape index (κ2) is 3.67. The second-order valence-corrected chi connectivity index (χ2v) is 4.08. The van der Waals surface area contributed by atoms with Crippen molar-refractivity contribution < 1.29 is 0 Å². The molecular formula is C12H10N6. The van der Waals surface area contributed by atoms with Gasteiger partial charge in [-0.25, -0.2) is 9.50 Å². The van der Waals surface area contributed by atoms with Crippen LogP contribution in [0.15, 0.2) is 24.8 Å². The van der Waals surface area contributed by atoms with E-state index >= 15 is 0 Å². The van der Waals surface area contributed by atoms with Gasteiger partial charge in [0.05, 0.1) is 35.5 Å². The van der Waals surface area contributed by atoms with Crippen molar-refractivity contribution >= 4 is 5.52 Å². The van der Waals surface area contributed by atoms with Crippen LogP contribution in [-0.2, 0) is 7.05 Å². The number of rotatable bonds is 1. The van der Waals surface area contributed by atoms with Gasteiger partial charge in [0.15, 0.2) is 0 Å². The normalized spacial score (nSPS) is 10.7. The molecule has 0 amide bonds. The highest BCUT2D eigenvalue weighted by atomic mass is 15.2. The minimum atomic E-state index is 0.540. The van der Waals surface area contributed by atoms with Crippen LogP contribution < -0.4 is 0 Å². The number of nitrogens with zero attached hydrogens (tertiary/aromatic N) is 6. The van der Waals surface area contributed by atoms with Crippen LogP contribution >= 0.6 is 0 Å². The Balaban J connectivity index is 2.26. The molecule has 0 radical (unpaired) electrons. The van der Waals surface area contributed by atoms with Crippen molar-refractivity contribution in [1.82, 2.24) is 24.4 Å². The first-order chi connectivity index (χ1) is 8.69. The molecule has 88 valence electrons. The third-order valence-electron chi connectivity index (χ3n) is 2.79. The highest BCUT2D eigenvalue weighted by molar-refractivity contribution is 5.66. The molecule has 3 aromatic rings. The summed E-state index contributed by atoms with van der Waals surface area (Å²) in [6, 6.07) is 2.11. The summed E-state index contributed by atoms with van der Waals surface area (Å²) in [5.41, 5.74) is 3.80. The van der Waals surface area contributed by atoms with Gasteiger partial charge in [0, 0.05) is 18.8 Å². The number of hydrogen-bond donors (Lipinski definition) is 0. The summed E-state index contributed by atoms with van der Waals surface area (Å²) in [6.45, 7) is 1.87. The maximum atomic E-state index is 8.99. The van der Waals surface area contributed by atoms with E-state index in [-0.39, 0.29) is 0 Å². The zero-order valence-corrected chi connectivity index (χ0v) is 9.99. The zero-order chi connectivity index (χ0) is 12.7.